The van der Waals surface area contributed by atoms with Gasteiger partial charge in [0.15, 0.2) is 6.61 Å². The predicted octanol–water partition coefficient (Wildman–Crippen LogP) is 7.48. The van der Waals surface area contributed by atoms with Crippen LogP contribution in [0.4, 0.5) is 10.7 Å². The van der Waals surface area contributed by atoms with Gasteiger partial charge >= 0.3 is 0 Å². The van der Waals surface area contributed by atoms with Crippen molar-refractivity contribution in [2.24, 2.45) is 11.3 Å². The first kappa shape index (κ1) is 25.5. The Balaban J connectivity index is 1.57. The Morgan fingerprint density at radius 2 is 1.80 bits per heavy atom. The molecule has 0 saturated heterocycles. The zero-order chi connectivity index (χ0) is 25.2. The number of carbonyl (C=O) groups is 2. The average Bonchev–Trinajstić information content (AvgIpc) is 3.15. The molecule has 0 saturated carbocycles. The Hall–Kier alpha value is -2.54. The lowest BCUT2D eigenvalue weighted by Gasteiger charge is -2.33. The van der Waals surface area contributed by atoms with E-state index in [1.807, 2.05) is 0 Å². The molecule has 1 atom stereocenters. The topological polar surface area (TPSA) is 67.4 Å². The highest BCUT2D eigenvalue weighted by Gasteiger charge is 2.34. The van der Waals surface area contributed by atoms with E-state index in [1.54, 1.807) is 48.5 Å². The Morgan fingerprint density at radius 1 is 1.06 bits per heavy atom. The molecule has 2 aromatic carbocycles. The molecule has 184 valence electrons. The largest absolute Gasteiger partial charge is 0.484 e. The van der Waals surface area contributed by atoms with Gasteiger partial charge in [0.05, 0.1) is 5.56 Å². The standard InChI is InChI=1S/C27H28Cl2N2O3S/c1-27(2,3)16-7-12-21-22(13-16)35-26(24(21)25(33)30-19-10-8-17(28)9-11-19)31-23(32)15-34-20-6-4-5-18(29)14-20/h4-6,8-11,14,16H,7,12-13,15H2,1-3H3,(H,30,33)(H,31,32). The maximum absolute atomic E-state index is 13.4. The molecule has 8 heteroatoms. The van der Waals surface area contributed by atoms with Gasteiger partial charge in [0, 0.05) is 20.6 Å². The van der Waals surface area contributed by atoms with E-state index in [0.717, 1.165) is 29.7 Å². The fraction of sp³-hybridized carbons (Fsp3) is 0.333. The molecule has 1 aromatic heterocycles. The minimum absolute atomic E-state index is 0.168. The SMILES string of the molecule is CC(C)(C)C1CCc2c(sc(NC(=O)COc3cccc(Cl)c3)c2C(=O)Nc2ccc(Cl)cc2)C1. The van der Waals surface area contributed by atoms with Crippen molar-refractivity contribution in [2.75, 3.05) is 17.2 Å². The lowest BCUT2D eigenvalue weighted by molar-refractivity contribution is -0.118. The highest BCUT2D eigenvalue weighted by molar-refractivity contribution is 7.17. The van der Waals surface area contributed by atoms with Gasteiger partial charge in [-0.05, 0) is 78.6 Å². The number of amides is 2. The maximum Gasteiger partial charge on any atom is 0.262 e. The van der Waals surface area contributed by atoms with Gasteiger partial charge in [-0.15, -0.1) is 11.3 Å². The van der Waals surface area contributed by atoms with Crippen LogP contribution in [0.15, 0.2) is 48.5 Å². The number of nitrogens with one attached hydrogen (secondary N) is 2. The molecule has 0 aliphatic heterocycles. The van der Waals surface area contributed by atoms with Gasteiger partial charge in [0.2, 0.25) is 0 Å². The first-order valence-electron chi connectivity index (χ1n) is 11.5. The van der Waals surface area contributed by atoms with Gasteiger partial charge in [-0.2, -0.15) is 0 Å². The van der Waals surface area contributed by atoms with E-state index in [1.165, 1.54) is 11.3 Å². The van der Waals surface area contributed by atoms with Crippen molar-refractivity contribution in [2.45, 2.75) is 40.0 Å². The van der Waals surface area contributed by atoms with Crippen molar-refractivity contribution in [1.29, 1.82) is 0 Å². The number of hydrogen-bond acceptors (Lipinski definition) is 4. The Kier molecular flexibility index (Phi) is 7.74. The Bertz CT molecular complexity index is 1230. The number of halogens is 2. The minimum Gasteiger partial charge on any atom is -0.484 e. The molecule has 2 amide bonds. The third kappa shape index (κ3) is 6.37. The smallest absolute Gasteiger partial charge is 0.262 e. The van der Waals surface area contributed by atoms with Gasteiger partial charge in [-0.3, -0.25) is 9.59 Å². The van der Waals surface area contributed by atoms with Crippen LogP contribution in [0, 0.1) is 11.3 Å². The number of fused-ring (bicyclic) bond motifs is 1. The summed E-state index contributed by atoms with van der Waals surface area (Å²) in [6, 6.07) is 13.8. The van der Waals surface area contributed by atoms with E-state index in [-0.39, 0.29) is 23.8 Å². The molecule has 0 bridgehead atoms. The van der Waals surface area contributed by atoms with Gasteiger partial charge in [0.1, 0.15) is 10.8 Å². The van der Waals surface area contributed by atoms with Crippen LogP contribution in [-0.2, 0) is 17.6 Å². The van der Waals surface area contributed by atoms with Gasteiger partial charge in [-0.1, -0.05) is 50.0 Å². The number of anilines is 2. The fourth-order valence-electron chi connectivity index (χ4n) is 4.25. The van der Waals surface area contributed by atoms with Crippen LogP contribution in [0.25, 0.3) is 0 Å². The second-order valence-corrected chi connectivity index (χ2v) is 11.7. The number of thiophene rings is 1. The molecule has 1 aliphatic carbocycles. The van der Waals surface area contributed by atoms with Crippen molar-refractivity contribution in [1.82, 2.24) is 0 Å². The van der Waals surface area contributed by atoms with E-state index in [9.17, 15) is 9.59 Å². The fourth-order valence-corrected chi connectivity index (χ4v) is 5.90. The lowest BCUT2D eigenvalue weighted by atomic mass is 9.72. The van der Waals surface area contributed by atoms with Gasteiger partial charge in [0.25, 0.3) is 11.8 Å². The molecular formula is C27H28Cl2N2O3S. The number of carbonyl (C=O) groups excluding carboxylic acids is 2. The Morgan fingerprint density at radius 3 is 2.49 bits per heavy atom. The van der Waals surface area contributed by atoms with Crippen LogP contribution in [0.1, 0.15) is 48.0 Å². The summed E-state index contributed by atoms with van der Waals surface area (Å²) in [7, 11) is 0. The third-order valence-electron chi connectivity index (χ3n) is 6.24. The van der Waals surface area contributed by atoms with E-state index in [4.69, 9.17) is 27.9 Å². The number of rotatable bonds is 6. The molecule has 4 rings (SSSR count). The van der Waals surface area contributed by atoms with Crippen LogP contribution in [0.2, 0.25) is 10.0 Å². The van der Waals surface area contributed by atoms with Crippen molar-refractivity contribution < 1.29 is 14.3 Å². The summed E-state index contributed by atoms with van der Waals surface area (Å²) in [5.74, 6) is 0.434. The summed E-state index contributed by atoms with van der Waals surface area (Å²) in [6.07, 6.45) is 2.69. The number of hydrogen-bond donors (Lipinski definition) is 2. The molecule has 0 spiro atoms. The number of benzene rings is 2. The lowest BCUT2D eigenvalue weighted by Crippen LogP contribution is -2.27. The van der Waals surface area contributed by atoms with Crippen molar-refractivity contribution in [3.8, 4) is 5.75 Å². The molecular weight excluding hydrogens is 503 g/mol. The summed E-state index contributed by atoms with van der Waals surface area (Å²) in [4.78, 5) is 27.3. The highest BCUT2D eigenvalue weighted by atomic mass is 35.5. The maximum atomic E-state index is 13.4. The normalized spacial score (nSPS) is 15.3. The van der Waals surface area contributed by atoms with E-state index < -0.39 is 0 Å². The minimum atomic E-state index is -0.337. The van der Waals surface area contributed by atoms with Gasteiger partial charge in [-0.25, -0.2) is 0 Å². The van der Waals surface area contributed by atoms with E-state index in [0.29, 0.717) is 38.0 Å². The third-order valence-corrected chi connectivity index (χ3v) is 7.89. The van der Waals surface area contributed by atoms with Crippen molar-refractivity contribution >= 4 is 57.0 Å². The second-order valence-electron chi connectivity index (χ2n) is 9.77. The molecule has 1 heterocycles. The van der Waals surface area contributed by atoms with Crippen molar-refractivity contribution in [3.63, 3.8) is 0 Å². The Labute approximate surface area is 219 Å². The monoisotopic (exact) mass is 530 g/mol. The summed E-state index contributed by atoms with van der Waals surface area (Å²) in [5.41, 5.74) is 2.36. The van der Waals surface area contributed by atoms with Crippen LogP contribution >= 0.6 is 34.5 Å². The van der Waals surface area contributed by atoms with Gasteiger partial charge < -0.3 is 15.4 Å². The molecule has 35 heavy (non-hydrogen) atoms. The summed E-state index contributed by atoms with van der Waals surface area (Å²) in [5, 5.41) is 7.55. The van der Waals surface area contributed by atoms with E-state index in [2.05, 4.69) is 31.4 Å². The zero-order valence-corrected chi connectivity index (χ0v) is 22.2. The quantitative estimate of drug-likeness (QED) is 0.347. The van der Waals surface area contributed by atoms with Crippen LogP contribution in [0.5, 0.6) is 5.75 Å². The summed E-state index contributed by atoms with van der Waals surface area (Å²) >= 11 is 13.5. The highest BCUT2D eigenvalue weighted by Crippen LogP contribution is 2.44. The second kappa shape index (κ2) is 10.6. The van der Waals surface area contributed by atoms with Crippen LogP contribution in [0.3, 0.4) is 0 Å². The van der Waals surface area contributed by atoms with Crippen molar-refractivity contribution in [3.05, 3.63) is 74.6 Å². The summed E-state index contributed by atoms with van der Waals surface area (Å²) < 4.78 is 5.59. The van der Waals surface area contributed by atoms with Crippen LogP contribution in [-0.4, -0.2) is 18.4 Å². The molecule has 0 fully saturated rings. The number of ether oxygens (including phenoxy) is 1. The molecule has 5 nitrogen and oxygen atoms in total. The molecule has 2 N–H and O–H groups in total. The predicted molar refractivity (Wildman–Crippen MR) is 144 cm³/mol. The summed E-state index contributed by atoms with van der Waals surface area (Å²) in [6.45, 7) is 6.56. The molecule has 3 aromatic rings. The average molecular weight is 532 g/mol. The van der Waals surface area contributed by atoms with E-state index >= 15 is 0 Å². The molecule has 1 unspecified atom stereocenters. The first-order valence-corrected chi connectivity index (χ1v) is 13.1. The van der Waals surface area contributed by atoms with Crippen LogP contribution < -0.4 is 15.4 Å². The first-order chi connectivity index (χ1) is 16.6. The molecule has 1 aliphatic rings. The molecule has 0 radical (unpaired) electrons. The zero-order valence-electron chi connectivity index (χ0n) is 19.9.